The van der Waals surface area contributed by atoms with Gasteiger partial charge >= 0.3 is 0 Å². The molecule has 0 bridgehead atoms. The molecule has 6 aromatic carbocycles. The van der Waals surface area contributed by atoms with Crippen LogP contribution in [-0.4, -0.2) is 24.5 Å². The summed E-state index contributed by atoms with van der Waals surface area (Å²) in [5.74, 6) is -6.00. The molecule has 0 aliphatic heterocycles. The SMILES string of the molecule is COc1cccc(F)c1C(=O)c1cc(Cl)ccc1I.Nc1ccc(Cl)cc1C(=O)c1c(F)cccc1F.O=C(c1cc(Cl)ccc1I)c1c(F)cccc1F. The number of benzene rings is 6. The summed E-state index contributed by atoms with van der Waals surface area (Å²) in [6, 6.07) is 24.5. The zero-order valence-electron chi connectivity index (χ0n) is 27.9. The molecule has 0 aromatic heterocycles. The molecular weight excluding hydrogens is 1010 g/mol. The summed E-state index contributed by atoms with van der Waals surface area (Å²) in [6.07, 6.45) is 0. The Morgan fingerprint density at radius 2 is 0.836 bits per heavy atom. The van der Waals surface area contributed by atoms with Gasteiger partial charge in [-0.1, -0.05) is 53.0 Å². The first-order valence-electron chi connectivity index (χ1n) is 15.3. The van der Waals surface area contributed by atoms with E-state index in [1.54, 1.807) is 30.3 Å². The summed E-state index contributed by atoms with van der Waals surface area (Å²) < 4.78 is 74.2. The van der Waals surface area contributed by atoms with Crippen LogP contribution in [-0.2, 0) is 0 Å². The van der Waals surface area contributed by atoms with Gasteiger partial charge in [-0.2, -0.15) is 0 Å². The predicted octanol–water partition coefficient (Wildman–Crippen LogP) is 12.2. The number of ketones is 3. The minimum atomic E-state index is -0.931. The molecule has 0 atom stereocenters. The van der Waals surface area contributed by atoms with Crippen molar-refractivity contribution in [2.75, 3.05) is 12.8 Å². The maximum absolute atomic E-state index is 13.9. The molecule has 0 aliphatic rings. The number of nitrogens with two attached hydrogens (primary N) is 1. The summed E-state index contributed by atoms with van der Waals surface area (Å²) in [4.78, 5) is 36.6. The Hall–Kier alpha value is -4.09. The average molecular weight is 1040 g/mol. The minimum Gasteiger partial charge on any atom is -0.496 e. The van der Waals surface area contributed by atoms with E-state index >= 15 is 0 Å². The van der Waals surface area contributed by atoms with Crippen molar-refractivity contribution in [3.8, 4) is 5.75 Å². The topological polar surface area (TPSA) is 86.5 Å². The monoisotopic (exact) mass is 1030 g/mol. The van der Waals surface area contributed by atoms with Crippen LogP contribution in [0.1, 0.15) is 47.8 Å². The smallest absolute Gasteiger partial charge is 0.201 e. The van der Waals surface area contributed by atoms with Crippen LogP contribution in [0.4, 0.5) is 27.6 Å². The van der Waals surface area contributed by atoms with E-state index in [9.17, 15) is 36.3 Å². The zero-order chi connectivity index (χ0) is 40.6. The van der Waals surface area contributed by atoms with E-state index in [0.717, 1.165) is 24.3 Å². The minimum absolute atomic E-state index is 0.0218. The fraction of sp³-hybridized carbons (Fsp3) is 0.0250. The fourth-order valence-electron chi connectivity index (χ4n) is 4.80. The van der Waals surface area contributed by atoms with Gasteiger partial charge in [0.15, 0.2) is 5.78 Å². The van der Waals surface area contributed by atoms with Crippen LogP contribution in [0.5, 0.6) is 5.75 Å². The summed E-state index contributed by atoms with van der Waals surface area (Å²) >= 11 is 21.3. The molecule has 282 valence electrons. The number of ether oxygens (including phenoxy) is 1. The van der Waals surface area contributed by atoms with Crippen molar-refractivity contribution < 1.29 is 41.1 Å². The molecule has 0 saturated heterocycles. The molecule has 0 saturated carbocycles. The van der Waals surface area contributed by atoms with Gasteiger partial charge in [0.2, 0.25) is 11.6 Å². The third-order valence-corrected chi connectivity index (χ3v) is 9.99. The summed E-state index contributed by atoms with van der Waals surface area (Å²) in [5, 5.41) is 1.04. The zero-order valence-corrected chi connectivity index (χ0v) is 34.5. The highest BCUT2D eigenvalue weighted by Crippen LogP contribution is 2.29. The number of methoxy groups -OCH3 is 1. The van der Waals surface area contributed by atoms with E-state index < -0.39 is 57.6 Å². The third-order valence-electron chi connectivity index (χ3n) is 7.41. The number of nitrogen functional groups attached to an aromatic ring is 1. The maximum atomic E-state index is 13.9. The lowest BCUT2D eigenvalue weighted by molar-refractivity contribution is 0.102. The van der Waals surface area contributed by atoms with Crippen LogP contribution in [0, 0.1) is 36.2 Å². The molecule has 0 amide bonds. The lowest BCUT2D eigenvalue weighted by Gasteiger charge is -2.10. The van der Waals surface area contributed by atoms with Gasteiger partial charge in [-0.05, 0) is 136 Å². The Balaban J connectivity index is 0.000000184. The average Bonchev–Trinajstić information content (AvgIpc) is 3.14. The molecule has 0 radical (unpaired) electrons. The van der Waals surface area contributed by atoms with Gasteiger partial charge in [0.05, 0.1) is 18.2 Å². The largest absolute Gasteiger partial charge is 0.496 e. The van der Waals surface area contributed by atoms with Crippen molar-refractivity contribution >= 4 is 103 Å². The van der Waals surface area contributed by atoms with E-state index in [2.05, 4.69) is 0 Å². The lowest BCUT2D eigenvalue weighted by Crippen LogP contribution is -2.10. The van der Waals surface area contributed by atoms with Crippen LogP contribution in [0.2, 0.25) is 15.1 Å². The Kier molecular flexibility index (Phi) is 15.6. The molecule has 0 unspecified atom stereocenters. The van der Waals surface area contributed by atoms with E-state index in [1.807, 2.05) is 45.2 Å². The van der Waals surface area contributed by atoms with E-state index in [-0.39, 0.29) is 33.1 Å². The van der Waals surface area contributed by atoms with E-state index in [0.29, 0.717) is 22.7 Å². The van der Waals surface area contributed by atoms with Gasteiger partial charge < -0.3 is 10.5 Å². The van der Waals surface area contributed by atoms with E-state index in [1.165, 1.54) is 61.7 Å². The quantitative estimate of drug-likeness (QED) is 0.0745. The highest BCUT2D eigenvalue weighted by Gasteiger charge is 2.23. The molecule has 6 rings (SSSR count). The first-order valence-corrected chi connectivity index (χ1v) is 18.6. The molecule has 5 nitrogen and oxygen atoms in total. The van der Waals surface area contributed by atoms with Gasteiger partial charge in [0, 0.05) is 44.6 Å². The molecule has 0 heterocycles. The van der Waals surface area contributed by atoms with Crippen molar-refractivity contribution in [1.29, 1.82) is 0 Å². The number of anilines is 1. The Morgan fingerprint density at radius 3 is 1.25 bits per heavy atom. The van der Waals surface area contributed by atoms with Crippen molar-refractivity contribution in [2.45, 2.75) is 0 Å². The molecular formula is C40H23Cl3F5I2NO4. The number of hydrogen-bond acceptors (Lipinski definition) is 5. The van der Waals surface area contributed by atoms with Gasteiger partial charge in [-0.15, -0.1) is 0 Å². The van der Waals surface area contributed by atoms with Gasteiger partial charge in [-0.25, -0.2) is 22.0 Å². The van der Waals surface area contributed by atoms with Crippen molar-refractivity contribution in [1.82, 2.24) is 0 Å². The first-order chi connectivity index (χ1) is 26.0. The van der Waals surface area contributed by atoms with Crippen LogP contribution in [0.15, 0.2) is 109 Å². The molecule has 0 aliphatic carbocycles. The number of halogens is 10. The van der Waals surface area contributed by atoms with Crippen LogP contribution < -0.4 is 10.5 Å². The van der Waals surface area contributed by atoms with Gasteiger partial charge in [0.25, 0.3) is 0 Å². The van der Waals surface area contributed by atoms with Gasteiger partial charge in [-0.3, -0.25) is 14.4 Å². The fourth-order valence-corrected chi connectivity index (χ4v) is 6.47. The standard InChI is InChI=1S/C14H9ClFIO2.C13H6ClF2IO.C13H8ClF2NO/c1-19-12-4-2-3-10(16)13(12)14(18)9-7-8(15)5-6-11(9)17;2*14-7-4-5-11(17)8(6-7)13(18)12-9(15)2-1-3-10(12)16/h2-7H,1H3;1-6H;1-6H,17H2. The number of hydrogen-bond donors (Lipinski definition) is 1. The molecule has 15 heteroatoms. The highest BCUT2D eigenvalue weighted by molar-refractivity contribution is 14.1. The highest BCUT2D eigenvalue weighted by atomic mass is 127. The number of rotatable bonds is 7. The Morgan fingerprint density at radius 1 is 0.509 bits per heavy atom. The van der Waals surface area contributed by atoms with Crippen molar-refractivity contribution in [2.24, 2.45) is 0 Å². The lowest BCUT2D eigenvalue weighted by atomic mass is 10.0. The molecule has 0 fully saturated rings. The summed E-state index contributed by atoms with van der Waals surface area (Å²) in [7, 11) is 1.40. The maximum Gasteiger partial charge on any atom is 0.201 e. The predicted molar refractivity (Wildman–Crippen MR) is 220 cm³/mol. The second kappa shape index (κ2) is 19.7. The molecule has 6 aromatic rings. The van der Waals surface area contributed by atoms with Crippen LogP contribution in [0.3, 0.4) is 0 Å². The number of carbonyl (C=O) groups excluding carboxylic acids is 3. The van der Waals surface area contributed by atoms with Crippen molar-refractivity contribution in [3.63, 3.8) is 0 Å². The number of carbonyl (C=O) groups is 3. The second-order valence-electron chi connectivity index (χ2n) is 11.0. The Labute approximate surface area is 353 Å². The van der Waals surface area contributed by atoms with Gasteiger partial charge in [0.1, 0.15) is 40.4 Å². The normalized spacial score (nSPS) is 10.4. The third kappa shape index (κ3) is 10.8. The molecule has 55 heavy (non-hydrogen) atoms. The summed E-state index contributed by atoms with van der Waals surface area (Å²) in [5.41, 5.74) is 4.98. The molecule has 0 spiro atoms. The molecule has 2 N–H and O–H groups in total. The van der Waals surface area contributed by atoms with Crippen molar-refractivity contribution in [3.05, 3.63) is 194 Å². The van der Waals surface area contributed by atoms with Crippen LogP contribution in [0.25, 0.3) is 0 Å². The Bertz CT molecular complexity index is 2280. The summed E-state index contributed by atoms with van der Waals surface area (Å²) in [6.45, 7) is 0. The van der Waals surface area contributed by atoms with Crippen LogP contribution >= 0.6 is 80.0 Å². The van der Waals surface area contributed by atoms with E-state index in [4.69, 9.17) is 45.3 Å². The first kappa shape index (κ1) is 43.6. The second-order valence-corrected chi connectivity index (χ2v) is 14.6.